The molecule has 0 spiro atoms. The van der Waals surface area contributed by atoms with Crippen molar-refractivity contribution in [3.05, 3.63) is 11.6 Å². The zero-order valence-electron chi connectivity index (χ0n) is 11.6. The number of H-pyrrole nitrogens is 1. The summed E-state index contributed by atoms with van der Waals surface area (Å²) in [5, 5.41) is 11.9. The first-order valence-corrected chi connectivity index (χ1v) is 6.51. The lowest BCUT2D eigenvalue weighted by atomic mass is 10.2. The fraction of sp³-hybridized carbons (Fsp3) is 0.667. The van der Waals surface area contributed by atoms with Gasteiger partial charge in [-0.3, -0.25) is 14.7 Å². The van der Waals surface area contributed by atoms with E-state index in [-0.39, 0.29) is 36.5 Å². The summed E-state index contributed by atoms with van der Waals surface area (Å²) in [5.41, 5.74) is 0. The van der Waals surface area contributed by atoms with Crippen molar-refractivity contribution in [3.8, 4) is 0 Å². The second-order valence-corrected chi connectivity index (χ2v) is 4.55. The molecule has 0 saturated carbocycles. The number of carbonyl (C=O) groups excluding carboxylic acids is 2. The van der Waals surface area contributed by atoms with Gasteiger partial charge in [0.15, 0.2) is 0 Å². The third-order valence-electron chi connectivity index (χ3n) is 2.46. The highest BCUT2D eigenvalue weighted by molar-refractivity contribution is 5.90. The van der Waals surface area contributed by atoms with Gasteiger partial charge in [-0.15, -0.1) is 5.10 Å². The molecule has 1 rings (SSSR count). The predicted molar refractivity (Wildman–Crippen MR) is 70.7 cm³/mol. The van der Waals surface area contributed by atoms with Gasteiger partial charge in [0.25, 0.3) is 5.91 Å². The van der Waals surface area contributed by atoms with E-state index in [1.165, 1.54) is 0 Å². The molecule has 1 aromatic rings. The minimum atomic E-state index is -0.369. The van der Waals surface area contributed by atoms with Crippen LogP contribution in [0.1, 0.15) is 56.0 Å². The van der Waals surface area contributed by atoms with Crippen LogP contribution < -0.4 is 10.6 Å². The van der Waals surface area contributed by atoms with Gasteiger partial charge in [0, 0.05) is 25.4 Å². The quantitative estimate of drug-likeness (QED) is 0.672. The lowest BCUT2D eigenvalue weighted by molar-refractivity contribution is -0.120. The van der Waals surface area contributed by atoms with Gasteiger partial charge in [-0.05, 0) is 6.42 Å². The Morgan fingerprint density at radius 2 is 2.00 bits per heavy atom. The summed E-state index contributed by atoms with van der Waals surface area (Å²) in [7, 11) is 0. The topological polar surface area (TPSA) is 99.8 Å². The van der Waals surface area contributed by atoms with Crippen LogP contribution in [0.3, 0.4) is 0 Å². The fourth-order valence-electron chi connectivity index (χ4n) is 1.36. The molecule has 0 radical (unpaired) electrons. The first kappa shape index (κ1) is 15.1. The van der Waals surface area contributed by atoms with Gasteiger partial charge in [0.1, 0.15) is 5.82 Å². The summed E-state index contributed by atoms with van der Waals surface area (Å²) < 4.78 is 0. The van der Waals surface area contributed by atoms with Crippen molar-refractivity contribution in [1.29, 1.82) is 0 Å². The van der Waals surface area contributed by atoms with Crippen molar-refractivity contribution in [3.63, 3.8) is 0 Å². The summed E-state index contributed by atoms with van der Waals surface area (Å²) >= 11 is 0. The van der Waals surface area contributed by atoms with Crippen LogP contribution in [0.5, 0.6) is 0 Å². The highest BCUT2D eigenvalue weighted by atomic mass is 16.2. The number of hydrogen-bond acceptors (Lipinski definition) is 4. The molecular weight excluding hydrogens is 246 g/mol. The second kappa shape index (κ2) is 7.50. The zero-order chi connectivity index (χ0) is 14.3. The van der Waals surface area contributed by atoms with E-state index in [1.807, 2.05) is 20.8 Å². The molecule has 0 aliphatic heterocycles. The van der Waals surface area contributed by atoms with Gasteiger partial charge < -0.3 is 10.6 Å². The van der Waals surface area contributed by atoms with Crippen molar-refractivity contribution < 1.29 is 9.59 Å². The van der Waals surface area contributed by atoms with E-state index in [2.05, 4.69) is 25.8 Å². The lowest BCUT2D eigenvalue weighted by Crippen LogP contribution is -2.31. The molecule has 0 saturated heterocycles. The predicted octanol–water partition coefficient (Wildman–Crippen LogP) is 0.574. The third-order valence-corrected chi connectivity index (χ3v) is 2.46. The lowest BCUT2D eigenvalue weighted by Gasteiger charge is -2.04. The molecule has 7 heteroatoms. The third kappa shape index (κ3) is 5.07. The van der Waals surface area contributed by atoms with Crippen molar-refractivity contribution >= 4 is 11.8 Å². The SMILES string of the molecule is CCCNC(=O)CCNC(=O)c1n[nH]c(C(C)C)n1. The van der Waals surface area contributed by atoms with Crippen LogP contribution in [0.15, 0.2) is 0 Å². The molecule has 1 heterocycles. The van der Waals surface area contributed by atoms with Crippen LogP contribution in [-0.4, -0.2) is 40.1 Å². The minimum absolute atomic E-state index is 0.0694. The molecule has 0 bridgehead atoms. The molecule has 0 aliphatic carbocycles. The number of hydrogen-bond donors (Lipinski definition) is 3. The van der Waals surface area contributed by atoms with Gasteiger partial charge in [-0.25, -0.2) is 4.98 Å². The van der Waals surface area contributed by atoms with Gasteiger partial charge >= 0.3 is 0 Å². The molecule has 3 N–H and O–H groups in total. The Balaban J connectivity index is 2.32. The van der Waals surface area contributed by atoms with E-state index in [4.69, 9.17) is 0 Å². The normalized spacial score (nSPS) is 10.5. The number of nitrogens with one attached hydrogen (secondary N) is 3. The smallest absolute Gasteiger partial charge is 0.290 e. The molecule has 0 aliphatic rings. The minimum Gasteiger partial charge on any atom is -0.356 e. The van der Waals surface area contributed by atoms with Crippen molar-refractivity contribution in [2.24, 2.45) is 0 Å². The van der Waals surface area contributed by atoms with Gasteiger partial charge in [0.05, 0.1) is 0 Å². The Kier molecular flexibility index (Phi) is 5.98. The van der Waals surface area contributed by atoms with Crippen molar-refractivity contribution in [1.82, 2.24) is 25.8 Å². The van der Waals surface area contributed by atoms with Gasteiger partial charge in [0.2, 0.25) is 11.7 Å². The summed E-state index contributed by atoms with van der Waals surface area (Å²) in [6.45, 7) is 6.84. The van der Waals surface area contributed by atoms with Crippen molar-refractivity contribution in [2.45, 2.75) is 39.5 Å². The second-order valence-electron chi connectivity index (χ2n) is 4.55. The maximum absolute atomic E-state index is 11.7. The van der Waals surface area contributed by atoms with E-state index < -0.39 is 0 Å². The molecule has 1 aromatic heterocycles. The number of carbonyl (C=O) groups is 2. The van der Waals surface area contributed by atoms with E-state index >= 15 is 0 Å². The number of rotatable bonds is 7. The average Bonchev–Trinajstić information content (AvgIpc) is 2.86. The molecule has 2 amide bonds. The fourth-order valence-corrected chi connectivity index (χ4v) is 1.36. The molecular formula is C12H21N5O2. The van der Waals surface area contributed by atoms with E-state index in [0.717, 1.165) is 6.42 Å². The molecule has 0 fully saturated rings. The highest BCUT2D eigenvalue weighted by Crippen LogP contribution is 2.07. The van der Waals surface area contributed by atoms with Crippen molar-refractivity contribution in [2.75, 3.05) is 13.1 Å². The van der Waals surface area contributed by atoms with Crippen LogP contribution in [-0.2, 0) is 4.79 Å². The molecule has 0 unspecified atom stereocenters. The first-order chi connectivity index (χ1) is 9.04. The number of aromatic nitrogens is 3. The van der Waals surface area contributed by atoms with Crippen LogP contribution in [0.2, 0.25) is 0 Å². The Hall–Kier alpha value is -1.92. The molecule has 7 nitrogen and oxygen atoms in total. The Morgan fingerprint density at radius 3 is 2.58 bits per heavy atom. The standard InChI is InChI=1S/C12H21N5O2/c1-4-6-13-9(18)5-7-14-12(19)11-15-10(8(2)3)16-17-11/h8H,4-7H2,1-3H3,(H,13,18)(H,14,19)(H,15,16,17). The van der Waals surface area contributed by atoms with Crippen LogP contribution in [0.25, 0.3) is 0 Å². The summed E-state index contributed by atoms with van der Waals surface area (Å²) in [6, 6.07) is 0. The number of nitrogens with zero attached hydrogens (tertiary/aromatic N) is 2. The van der Waals surface area contributed by atoms with E-state index in [9.17, 15) is 9.59 Å². The zero-order valence-corrected chi connectivity index (χ0v) is 11.6. The summed E-state index contributed by atoms with van der Waals surface area (Å²) in [6.07, 6.45) is 1.15. The molecule has 19 heavy (non-hydrogen) atoms. The molecule has 106 valence electrons. The molecule has 0 atom stereocenters. The van der Waals surface area contributed by atoms with Crippen LogP contribution in [0.4, 0.5) is 0 Å². The summed E-state index contributed by atoms with van der Waals surface area (Å²) in [4.78, 5) is 27.1. The number of aromatic amines is 1. The van der Waals surface area contributed by atoms with Gasteiger partial charge in [-0.2, -0.15) is 0 Å². The maximum Gasteiger partial charge on any atom is 0.290 e. The Morgan fingerprint density at radius 1 is 1.26 bits per heavy atom. The highest BCUT2D eigenvalue weighted by Gasteiger charge is 2.13. The van der Waals surface area contributed by atoms with Crippen LogP contribution in [0, 0.1) is 0 Å². The van der Waals surface area contributed by atoms with Crippen LogP contribution >= 0.6 is 0 Å². The number of amides is 2. The first-order valence-electron chi connectivity index (χ1n) is 6.51. The largest absolute Gasteiger partial charge is 0.356 e. The Labute approximate surface area is 112 Å². The summed E-state index contributed by atoms with van der Waals surface area (Å²) in [5.74, 6) is 0.531. The maximum atomic E-state index is 11.7. The molecule has 0 aromatic carbocycles. The van der Waals surface area contributed by atoms with Gasteiger partial charge in [-0.1, -0.05) is 20.8 Å². The average molecular weight is 267 g/mol. The Bertz CT molecular complexity index is 428. The van der Waals surface area contributed by atoms with E-state index in [1.54, 1.807) is 0 Å². The monoisotopic (exact) mass is 267 g/mol. The van der Waals surface area contributed by atoms with E-state index in [0.29, 0.717) is 12.4 Å².